The van der Waals surface area contributed by atoms with Crippen molar-refractivity contribution in [3.63, 3.8) is 0 Å². The summed E-state index contributed by atoms with van der Waals surface area (Å²) in [6.45, 7) is 1.95. The number of methoxy groups -OCH3 is 1. The van der Waals surface area contributed by atoms with Crippen LogP contribution < -0.4 is 10.1 Å². The fourth-order valence-corrected chi connectivity index (χ4v) is 1.68. The third kappa shape index (κ3) is 2.74. The van der Waals surface area contributed by atoms with Gasteiger partial charge in [0, 0.05) is 6.54 Å². The quantitative estimate of drug-likeness (QED) is 0.819. The first-order valence-electron chi connectivity index (χ1n) is 5.61. The van der Waals surface area contributed by atoms with E-state index < -0.39 is 0 Å². The molecule has 0 heterocycles. The number of nitrogens with zero attached hydrogens (tertiary/aromatic N) is 1. The van der Waals surface area contributed by atoms with Crippen molar-refractivity contribution in [3.8, 4) is 11.8 Å². The molecule has 0 amide bonds. The van der Waals surface area contributed by atoms with E-state index in [0.717, 1.165) is 24.6 Å². The fraction of sp³-hybridized carbons (Fsp3) is 0.462. The van der Waals surface area contributed by atoms with Gasteiger partial charge in [0.15, 0.2) is 0 Å². The Morgan fingerprint density at radius 3 is 2.94 bits per heavy atom. The lowest BCUT2D eigenvalue weighted by Crippen LogP contribution is -2.16. The van der Waals surface area contributed by atoms with E-state index in [1.54, 1.807) is 7.11 Å². The summed E-state index contributed by atoms with van der Waals surface area (Å²) in [6, 6.07) is 7.83. The Kier molecular flexibility index (Phi) is 3.43. The van der Waals surface area contributed by atoms with Gasteiger partial charge in [-0.15, -0.1) is 0 Å². The average molecular weight is 216 g/mol. The Hall–Kier alpha value is -1.53. The number of nitriles is 1. The lowest BCUT2D eigenvalue weighted by Gasteiger charge is -2.07. The van der Waals surface area contributed by atoms with Crippen LogP contribution in [0, 0.1) is 17.2 Å². The minimum atomic E-state index is 0.591. The molecule has 0 saturated heterocycles. The molecule has 0 bridgehead atoms. The standard InChI is InChI=1S/C13H16N2O/c1-16-13-6-11(4-5-12(13)7-14)9-15-8-10-2-3-10/h4-6,10,15H,2-3,8-9H2,1H3. The first-order chi connectivity index (χ1) is 7.83. The number of benzene rings is 1. The SMILES string of the molecule is COc1cc(CNCC2CC2)ccc1C#N. The molecule has 1 saturated carbocycles. The fourth-order valence-electron chi connectivity index (χ4n) is 1.68. The summed E-state index contributed by atoms with van der Waals surface area (Å²) in [7, 11) is 1.59. The van der Waals surface area contributed by atoms with Crippen molar-refractivity contribution < 1.29 is 4.74 Å². The lowest BCUT2D eigenvalue weighted by molar-refractivity contribution is 0.412. The first kappa shape index (κ1) is 11.0. The van der Waals surface area contributed by atoms with Gasteiger partial charge < -0.3 is 10.1 Å². The molecule has 16 heavy (non-hydrogen) atoms. The lowest BCUT2D eigenvalue weighted by atomic mass is 10.1. The molecule has 3 heteroatoms. The normalized spacial score (nSPS) is 14.5. The summed E-state index contributed by atoms with van der Waals surface area (Å²) in [5, 5.41) is 12.3. The summed E-state index contributed by atoms with van der Waals surface area (Å²) in [6.07, 6.45) is 2.73. The third-order valence-electron chi connectivity index (χ3n) is 2.85. The zero-order valence-electron chi connectivity index (χ0n) is 9.49. The Morgan fingerprint density at radius 1 is 1.50 bits per heavy atom. The van der Waals surface area contributed by atoms with Crippen molar-refractivity contribution in [1.82, 2.24) is 5.32 Å². The van der Waals surface area contributed by atoms with Gasteiger partial charge in [-0.1, -0.05) is 6.07 Å². The second-order valence-corrected chi connectivity index (χ2v) is 4.22. The summed E-state index contributed by atoms with van der Waals surface area (Å²) in [5.74, 6) is 1.55. The van der Waals surface area contributed by atoms with Gasteiger partial charge in [-0.05, 0) is 43.0 Å². The Labute approximate surface area is 96.0 Å². The van der Waals surface area contributed by atoms with Crippen LogP contribution in [0.5, 0.6) is 5.75 Å². The molecule has 0 spiro atoms. The Morgan fingerprint density at radius 2 is 2.31 bits per heavy atom. The molecule has 0 radical (unpaired) electrons. The van der Waals surface area contributed by atoms with Crippen LogP contribution in [0.15, 0.2) is 18.2 Å². The third-order valence-corrected chi connectivity index (χ3v) is 2.85. The van der Waals surface area contributed by atoms with Crippen molar-refractivity contribution in [2.45, 2.75) is 19.4 Å². The van der Waals surface area contributed by atoms with Crippen LogP contribution in [0.25, 0.3) is 0 Å². The largest absolute Gasteiger partial charge is 0.495 e. The number of hydrogen-bond acceptors (Lipinski definition) is 3. The minimum absolute atomic E-state index is 0.591. The highest BCUT2D eigenvalue weighted by atomic mass is 16.5. The molecule has 2 rings (SSSR count). The average Bonchev–Trinajstić information content (AvgIpc) is 3.13. The molecule has 1 aliphatic carbocycles. The number of rotatable bonds is 5. The van der Waals surface area contributed by atoms with Crippen molar-refractivity contribution in [2.75, 3.05) is 13.7 Å². The molecule has 0 aliphatic heterocycles. The molecule has 0 atom stereocenters. The van der Waals surface area contributed by atoms with Gasteiger partial charge >= 0.3 is 0 Å². The van der Waals surface area contributed by atoms with E-state index in [1.807, 2.05) is 18.2 Å². The maximum Gasteiger partial charge on any atom is 0.136 e. The molecular weight excluding hydrogens is 200 g/mol. The van der Waals surface area contributed by atoms with Crippen molar-refractivity contribution in [2.24, 2.45) is 5.92 Å². The highest BCUT2D eigenvalue weighted by molar-refractivity contribution is 5.45. The van der Waals surface area contributed by atoms with Crippen molar-refractivity contribution in [1.29, 1.82) is 5.26 Å². The molecule has 1 aliphatic rings. The van der Waals surface area contributed by atoms with Crippen LogP contribution in [0.1, 0.15) is 24.0 Å². The highest BCUT2D eigenvalue weighted by Gasteiger charge is 2.20. The zero-order chi connectivity index (χ0) is 11.4. The van der Waals surface area contributed by atoms with Gasteiger partial charge in [0.25, 0.3) is 0 Å². The van der Waals surface area contributed by atoms with Gasteiger partial charge in [-0.2, -0.15) is 5.26 Å². The van der Waals surface area contributed by atoms with E-state index in [-0.39, 0.29) is 0 Å². The van der Waals surface area contributed by atoms with Crippen molar-refractivity contribution in [3.05, 3.63) is 29.3 Å². The predicted molar refractivity (Wildman–Crippen MR) is 62.1 cm³/mol. The number of hydrogen-bond donors (Lipinski definition) is 1. The summed E-state index contributed by atoms with van der Waals surface area (Å²) in [5.41, 5.74) is 1.75. The highest BCUT2D eigenvalue weighted by Crippen LogP contribution is 2.27. The van der Waals surface area contributed by atoms with Gasteiger partial charge in [-0.3, -0.25) is 0 Å². The van der Waals surface area contributed by atoms with Crippen LogP contribution >= 0.6 is 0 Å². The molecule has 1 N–H and O–H groups in total. The first-order valence-corrected chi connectivity index (χ1v) is 5.61. The minimum Gasteiger partial charge on any atom is -0.495 e. The smallest absolute Gasteiger partial charge is 0.136 e. The molecule has 3 nitrogen and oxygen atoms in total. The monoisotopic (exact) mass is 216 g/mol. The summed E-state index contributed by atoms with van der Waals surface area (Å²) in [4.78, 5) is 0. The van der Waals surface area contributed by atoms with E-state index in [2.05, 4.69) is 11.4 Å². The van der Waals surface area contributed by atoms with Crippen LogP contribution in [-0.4, -0.2) is 13.7 Å². The van der Waals surface area contributed by atoms with Gasteiger partial charge in [-0.25, -0.2) is 0 Å². The molecule has 0 unspecified atom stereocenters. The zero-order valence-corrected chi connectivity index (χ0v) is 9.49. The van der Waals surface area contributed by atoms with Crippen LogP contribution in [0.4, 0.5) is 0 Å². The topological polar surface area (TPSA) is 45.0 Å². The van der Waals surface area contributed by atoms with E-state index in [1.165, 1.54) is 12.8 Å². The molecule has 1 aromatic carbocycles. The Balaban J connectivity index is 1.95. The molecule has 84 valence electrons. The predicted octanol–water partition coefficient (Wildman–Crippen LogP) is 2.07. The number of ether oxygens (including phenoxy) is 1. The van der Waals surface area contributed by atoms with E-state index >= 15 is 0 Å². The van der Waals surface area contributed by atoms with E-state index in [4.69, 9.17) is 10.00 Å². The second kappa shape index (κ2) is 5.00. The van der Waals surface area contributed by atoms with Gasteiger partial charge in [0.1, 0.15) is 11.8 Å². The van der Waals surface area contributed by atoms with Crippen molar-refractivity contribution >= 4 is 0 Å². The second-order valence-electron chi connectivity index (χ2n) is 4.22. The van der Waals surface area contributed by atoms with Crippen LogP contribution in [-0.2, 0) is 6.54 Å². The molecular formula is C13H16N2O. The number of nitrogens with one attached hydrogen (secondary N) is 1. The van der Waals surface area contributed by atoms with E-state index in [0.29, 0.717) is 11.3 Å². The summed E-state index contributed by atoms with van der Waals surface area (Å²) >= 11 is 0. The van der Waals surface area contributed by atoms with E-state index in [9.17, 15) is 0 Å². The summed E-state index contributed by atoms with van der Waals surface area (Å²) < 4.78 is 5.17. The Bertz CT molecular complexity index is 405. The molecule has 0 aromatic heterocycles. The van der Waals surface area contributed by atoms with Gasteiger partial charge in [0.05, 0.1) is 12.7 Å². The van der Waals surface area contributed by atoms with Crippen LogP contribution in [0.2, 0.25) is 0 Å². The molecule has 1 fully saturated rings. The van der Waals surface area contributed by atoms with Gasteiger partial charge in [0.2, 0.25) is 0 Å². The maximum absolute atomic E-state index is 8.85. The molecule has 1 aromatic rings. The maximum atomic E-state index is 8.85. The van der Waals surface area contributed by atoms with Crippen LogP contribution in [0.3, 0.4) is 0 Å².